The minimum absolute atomic E-state index is 0.0986. The summed E-state index contributed by atoms with van der Waals surface area (Å²) in [5.41, 5.74) is 3.35. The van der Waals surface area contributed by atoms with Gasteiger partial charge < -0.3 is 20.4 Å². The molecule has 0 fully saturated rings. The lowest BCUT2D eigenvalue weighted by Crippen LogP contribution is -2.33. The summed E-state index contributed by atoms with van der Waals surface area (Å²) in [6, 6.07) is 1.86. The van der Waals surface area contributed by atoms with Gasteiger partial charge in [0.05, 0.1) is 12.7 Å². The lowest BCUT2D eigenvalue weighted by Gasteiger charge is -2.39. The van der Waals surface area contributed by atoms with Gasteiger partial charge in [-0.25, -0.2) is 0 Å². The number of fused-ring (bicyclic) bond motifs is 1. The molecule has 24 heavy (non-hydrogen) atoms. The van der Waals surface area contributed by atoms with Crippen molar-refractivity contribution in [2.75, 3.05) is 6.61 Å². The molecule has 0 radical (unpaired) electrons. The van der Waals surface area contributed by atoms with Gasteiger partial charge in [0.25, 0.3) is 0 Å². The van der Waals surface area contributed by atoms with E-state index in [1.165, 1.54) is 5.57 Å². The van der Waals surface area contributed by atoms with Crippen LogP contribution < -0.4 is 0 Å². The summed E-state index contributed by atoms with van der Waals surface area (Å²) in [6.07, 6.45) is 3.94. The zero-order valence-corrected chi connectivity index (χ0v) is 15.1. The van der Waals surface area contributed by atoms with Crippen molar-refractivity contribution in [1.82, 2.24) is 0 Å². The second kappa shape index (κ2) is 7.58. The molecule has 0 saturated carbocycles. The molecule has 1 aromatic carbocycles. The van der Waals surface area contributed by atoms with Crippen LogP contribution in [0.2, 0.25) is 0 Å². The molecular formula is C20H30O4. The Morgan fingerprint density at radius 2 is 1.96 bits per heavy atom. The molecule has 0 saturated heterocycles. The average molecular weight is 334 g/mol. The number of hydrogen-bond acceptors (Lipinski definition) is 4. The van der Waals surface area contributed by atoms with Crippen molar-refractivity contribution in [2.45, 2.75) is 64.9 Å². The number of aryl methyl sites for hydroxylation is 1. The van der Waals surface area contributed by atoms with Crippen molar-refractivity contribution in [3.8, 4) is 11.5 Å². The number of aromatic hydroxyl groups is 2. The minimum Gasteiger partial charge on any atom is -0.504 e. The number of aliphatic hydroxyl groups excluding tert-OH is 2. The van der Waals surface area contributed by atoms with Crippen LogP contribution in [0, 0.1) is 12.8 Å². The standard InChI is InChI=1S/C20H30O4/c1-11(2)6-5-7-12(3)17-15-8-13(4)19(23)20(24)18(15)14(10-21)9-16(17)22/h6,8,12,14,16-17,21-24H,5,7,9-10H2,1-4H3/t12-,14-,16+,17-/m0/s1. The minimum atomic E-state index is -0.556. The number of phenols is 2. The summed E-state index contributed by atoms with van der Waals surface area (Å²) in [5.74, 6) is -0.476. The van der Waals surface area contributed by atoms with E-state index in [4.69, 9.17) is 0 Å². The predicted octanol–water partition coefficient (Wildman–Crippen LogP) is 3.71. The Kier molecular flexibility index (Phi) is 5.94. The van der Waals surface area contributed by atoms with Crippen LogP contribution in [0.15, 0.2) is 17.7 Å². The highest BCUT2D eigenvalue weighted by Crippen LogP contribution is 2.50. The van der Waals surface area contributed by atoms with Gasteiger partial charge in [0.15, 0.2) is 11.5 Å². The third kappa shape index (κ3) is 3.60. The maximum Gasteiger partial charge on any atom is 0.161 e. The molecule has 4 nitrogen and oxygen atoms in total. The van der Waals surface area contributed by atoms with E-state index < -0.39 is 6.10 Å². The Labute approximate surface area is 144 Å². The molecule has 0 amide bonds. The van der Waals surface area contributed by atoms with Crippen molar-refractivity contribution >= 4 is 0 Å². The SMILES string of the molecule is CC(C)=CCC[C@H](C)[C@H]1c2cc(C)c(O)c(O)c2[C@H](CO)C[C@H]1O. The lowest BCUT2D eigenvalue weighted by molar-refractivity contribution is 0.0780. The molecule has 0 aromatic heterocycles. The highest BCUT2D eigenvalue weighted by molar-refractivity contribution is 5.57. The van der Waals surface area contributed by atoms with Crippen LogP contribution in [0.3, 0.4) is 0 Å². The number of phenolic OH excluding ortho intramolecular Hbond substituents is 2. The molecular weight excluding hydrogens is 304 g/mol. The van der Waals surface area contributed by atoms with E-state index in [2.05, 4.69) is 26.8 Å². The summed E-state index contributed by atoms with van der Waals surface area (Å²) >= 11 is 0. The van der Waals surface area contributed by atoms with Gasteiger partial charge in [0, 0.05) is 17.4 Å². The van der Waals surface area contributed by atoms with Crippen LogP contribution in [-0.4, -0.2) is 33.1 Å². The van der Waals surface area contributed by atoms with Crippen LogP contribution in [0.1, 0.15) is 68.6 Å². The van der Waals surface area contributed by atoms with E-state index in [9.17, 15) is 20.4 Å². The van der Waals surface area contributed by atoms with Gasteiger partial charge in [-0.3, -0.25) is 0 Å². The molecule has 1 aliphatic carbocycles. The summed E-state index contributed by atoms with van der Waals surface area (Å²) < 4.78 is 0. The molecule has 0 unspecified atom stereocenters. The van der Waals surface area contributed by atoms with Crippen molar-refractivity contribution in [1.29, 1.82) is 0 Å². The average Bonchev–Trinajstić information content (AvgIpc) is 2.51. The van der Waals surface area contributed by atoms with Gasteiger partial charge in [-0.05, 0) is 57.1 Å². The van der Waals surface area contributed by atoms with Crippen LogP contribution in [0.4, 0.5) is 0 Å². The van der Waals surface area contributed by atoms with Crippen molar-refractivity contribution in [3.63, 3.8) is 0 Å². The summed E-state index contributed by atoms with van der Waals surface area (Å²) in [5, 5.41) is 40.8. The fourth-order valence-electron chi connectivity index (χ4n) is 3.96. The van der Waals surface area contributed by atoms with Crippen LogP contribution in [-0.2, 0) is 0 Å². The molecule has 4 atom stereocenters. The van der Waals surface area contributed by atoms with E-state index in [-0.39, 0.29) is 35.9 Å². The molecule has 2 rings (SSSR count). The van der Waals surface area contributed by atoms with Gasteiger partial charge in [0.1, 0.15) is 0 Å². The van der Waals surface area contributed by atoms with Crippen molar-refractivity contribution in [3.05, 3.63) is 34.4 Å². The predicted molar refractivity (Wildman–Crippen MR) is 95.5 cm³/mol. The third-order valence-corrected chi connectivity index (χ3v) is 5.25. The Morgan fingerprint density at radius 1 is 1.29 bits per heavy atom. The van der Waals surface area contributed by atoms with Gasteiger partial charge >= 0.3 is 0 Å². The Balaban J connectivity index is 2.42. The fraction of sp³-hybridized carbons (Fsp3) is 0.600. The lowest BCUT2D eigenvalue weighted by atomic mass is 9.69. The first-order valence-corrected chi connectivity index (χ1v) is 8.75. The second-order valence-corrected chi connectivity index (χ2v) is 7.44. The smallest absolute Gasteiger partial charge is 0.161 e. The monoisotopic (exact) mass is 334 g/mol. The molecule has 1 aliphatic rings. The molecule has 0 bridgehead atoms. The fourth-order valence-corrected chi connectivity index (χ4v) is 3.96. The molecule has 0 heterocycles. The number of allylic oxidation sites excluding steroid dienone is 2. The van der Waals surface area contributed by atoms with Crippen molar-refractivity contribution < 1.29 is 20.4 Å². The number of aliphatic hydroxyl groups is 2. The first-order chi connectivity index (χ1) is 11.3. The topological polar surface area (TPSA) is 80.9 Å². The normalized spacial score (nSPS) is 24.3. The number of benzene rings is 1. The molecule has 4 N–H and O–H groups in total. The van der Waals surface area contributed by atoms with E-state index in [1.54, 1.807) is 6.92 Å². The Hall–Kier alpha value is -1.52. The van der Waals surface area contributed by atoms with E-state index >= 15 is 0 Å². The van der Waals surface area contributed by atoms with Crippen molar-refractivity contribution in [2.24, 2.45) is 5.92 Å². The van der Waals surface area contributed by atoms with Gasteiger partial charge in [-0.15, -0.1) is 0 Å². The third-order valence-electron chi connectivity index (χ3n) is 5.25. The zero-order valence-electron chi connectivity index (χ0n) is 15.1. The first-order valence-electron chi connectivity index (χ1n) is 8.75. The molecule has 0 aliphatic heterocycles. The highest BCUT2D eigenvalue weighted by atomic mass is 16.3. The summed E-state index contributed by atoms with van der Waals surface area (Å²) in [6.45, 7) is 7.86. The Morgan fingerprint density at radius 3 is 2.54 bits per heavy atom. The van der Waals surface area contributed by atoms with Crippen LogP contribution in [0.5, 0.6) is 11.5 Å². The Bertz CT molecular complexity index is 617. The number of hydrogen-bond donors (Lipinski definition) is 4. The first kappa shape index (κ1) is 18.8. The van der Waals surface area contributed by atoms with Gasteiger partial charge in [0.2, 0.25) is 0 Å². The maximum absolute atomic E-state index is 10.7. The van der Waals surface area contributed by atoms with Gasteiger partial charge in [-0.2, -0.15) is 0 Å². The van der Waals surface area contributed by atoms with Crippen LogP contribution in [0.25, 0.3) is 0 Å². The largest absolute Gasteiger partial charge is 0.504 e. The second-order valence-electron chi connectivity index (χ2n) is 7.44. The summed E-state index contributed by atoms with van der Waals surface area (Å²) in [7, 11) is 0. The molecule has 1 aromatic rings. The molecule has 0 spiro atoms. The molecule has 134 valence electrons. The van der Waals surface area contributed by atoms with Gasteiger partial charge in [-0.1, -0.05) is 24.6 Å². The maximum atomic E-state index is 10.7. The number of rotatable bonds is 5. The van der Waals surface area contributed by atoms with E-state index in [1.807, 2.05) is 6.07 Å². The van der Waals surface area contributed by atoms with Crippen LogP contribution >= 0.6 is 0 Å². The van der Waals surface area contributed by atoms with E-state index in [0.717, 1.165) is 18.4 Å². The zero-order chi connectivity index (χ0) is 18.0. The quantitative estimate of drug-likeness (QED) is 0.489. The highest BCUT2D eigenvalue weighted by Gasteiger charge is 2.39. The van der Waals surface area contributed by atoms with E-state index in [0.29, 0.717) is 17.5 Å². The summed E-state index contributed by atoms with van der Waals surface area (Å²) in [4.78, 5) is 0. The molecule has 4 heteroatoms.